The number of hydrogen-bond donors (Lipinski definition) is 0. The van der Waals surface area contributed by atoms with Crippen molar-refractivity contribution in [2.24, 2.45) is 4.99 Å². The molecule has 2 aromatic heterocycles. The summed E-state index contributed by atoms with van der Waals surface area (Å²) < 4.78 is 18.8. The number of aryl methyl sites for hydroxylation is 2. The Kier molecular flexibility index (Phi) is 4.48. The van der Waals surface area contributed by atoms with Gasteiger partial charge in [0.05, 0.1) is 24.2 Å². The molecule has 0 saturated carbocycles. The Labute approximate surface area is 172 Å². The van der Waals surface area contributed by atoms with Crippen molar-refractivity contribution in [1.82, 2.24) is 4.57 Å². The summed E-state index contributed by atoms with van der Waals surface area (Å²) in [6.07, 6.45) is 1.69. The Bertz CT molecular complexity index is 1240. The van der Waals surface area contributed by atoms with Crippen molar-refractivity contribution in [2.75, 3.05) is 6.79 Å². The number of benzene rings is 2. The largest absolute Gasteiger partial charge is 0.463 e. The molecule has 5 nitrogen and oxygen atoms in total. The first kappa shape index (κ1) is 17.8. The number of ether oxygens (including phenoxy) is 2. The van der Waals surface area contributed by atoms with Gasteiger partial charge in [0.25, 0.3) is 0 Å². The van der Waals surface area contributed by atoms with Gasteiger partial charge in [-0.2, -0.15) is 0 Å². The van der Waals surface area contributed by atoms with Gasteiger partial charge in [-0.15, -0.1) is 11.3 Å². The minimum atomic E-state index is 0.273. The van der Waals surface area contributed by atoms with Gasteiger partial charge >= 0.3 is 0 Å². The predicted molar refractivity (Wildman–Crippen MR) is 113 cm³/mol. The summed E-state index contributed by atoms with van der Waals surface area (Å²) in [6.45, 7) is 5.14. The molecule has 29 heavy (non-hydrogen) atoms. The van der Waals surface area contributed by atoms with Crippen LogP contribution in [0.1, 0.15) is 16.7 Å². The summed E-state index contributed by atoms with van der Waals surface area (Å²) in [7, 11) is 0. The molecule has 2 aromatic carbocycles. The molecule has 0 radical (unpaired) electrons. The number of thiazole rings is 1. The molecule has 1 aliphatic heterocycles. The number of nitrogens with zero attached hydrogens (tertiary/aromatic N) is 2. The number of aromatic nitrogens is 1. The smallest absolute Gasteiger partial charge is 0.231 e. The lowest BCUT2D eigenvalue weighted by molar-refractivity contribution is 0.174. The van der Waals surface area contributed by atoms with E-state index in [-0.39, 0.29) is 6.79 Å². The van der Waals surface area contributed by atoms with E-state index in [0.717, 1.165) is 39.0 Å². The summed E-state index contributed by atoms with van der Waals surface area (Å²) in [5.74, 6) is 2.39. The molecule has 1 aliphatic rings. The summed E-state index contributed by atoms with van der Waals surface area (Å²) in [4.78, 5) is 5.84. The summed E-state index contributed by atoms with van der Waals surface area (Å²) in [5.41, 5.74) is 5.55. The van der Waals surface area contributed by atoms with Crippen LogP contribution in [0, 0.1) is 13.8 Å². The van der Waals surface area contributed by atoms with E-state index in [1.165, 1.54) is 11.1 Å². The third kappa shape index (κ3) is 3.47. The molecule has 3 heterocycles. The van der Waals surface area contributed by atoms with Gasteiger partial charge in [-0.1, -0.05) is 12.1 Å². The molecule has 0 N–H and O–H groups in total. The van der Waals surface area contributed by atoms with Crippen LogP contribution < -0.4 is 14.3 Å². The van der Waals surface area contributed by atoms with Crippen LogP contribution in [-0.4, -0.2) is 11.4 Å². The molecule has 0 atom stereocenters. The highest BCUT2D eigenvalue weighted by Gasteiger charge is 2.16. The molecule has 5 rings (SSSR count). The van der Waals surface area contributed by atoms with Crippen LogP contribution in [-0.2, 0) is 6.54 Å². The number of fused-ring (bicyclic) bond motifs is 1. The topological polar surface area (TPSA) is 48.9 Å². The van der Waals surface area contributed by atoms with E-state index in [1.807, 2.05) is 24.3 Å². The maximum atomic E-state index is 5.67. The van der Waals surface area contributed by atoms with Gasteiger partial charge in [0.2, 0.25) is 6.79 Å². The minimum Gasteiger partial charge on any atom is -0.463 e. The van der Waals surface area contributed by atoms with E-state index in [9.17, 15) is 0 Å². The summed E-state index contributed by atoms with van der Waals surface area (Å²) in [5, 5.41) is 2.09. The first-order chi connectivity index (χ1) is 14.2. The second kappa shape index (κ2) is 7.29. The van der Waals surface area contributed by atoms with Crippen molar-refractivity contribution < 1.29 is 13.9 Å². The van der Waals surface area contributed by atoms with Crippen LogP contribution in [0.5, 0.6) is 11.5 Å². The normalized spacial score (nSPS) is 13.2. The van der Waals surface area contributed by atoms with Gasteiger partial charge in [0.1, 0.15) is 0 Å². The van der Waals surface area contributed by atoms with E-state index in [0.29, 0.717) is 6.54 Å². The third-order valence-corrected chi connectivity index (χ3v) is 5.93. The molecular weight excluding hydrogens is 384 g/mol. The molecule has 0 fully saturated rings. The number of rotatable bonds is 4. The average molecular weight is 404 g/mol. The van der Waals surface area contributed by atoms with E-state index in [4.69, 9.17) is 18.9 Å². The summed E-state index contributed by atoms with van der Waals surface area (Å²) >= 11 is 1.60. The van der Waals surface area contributed by atoms with Crippen LogP contribution in [0.25, 0.3) is 11.5 Å². The highest BCUT2D eigenvalue weighted by atomic mass is 32.1. The first-order valence-electron chi connectivity index (χ1n) is 9.40. The van der Waals surface area contributed by atoms with Crippen LogP contribution in [0.2, 0.25) is 0 Å². The van der Waals surface area contributed by atoms with Gasteiger partial charge < -0.3 is 18.5 Å². The van der Waals surface area contributed by atoms with Crippen LogP contribution in [0.3, 0.4) is 0 Å². The highest BCUT2D eigenvalue weighted by Crippen LogP contribution is 2.33. The molecule has 0 saturated heterocycles. The maximum absolute atomic E-state index is 5.67. The van der Waals surface area contributed by atoms with Gasteiger partial charge in [-0.25, -0.2) is 4.99 Å². The zero-order chi connectivity index (χ0) is 19.8. The van der Waals surface area contributed by atoms with Crippen LogP contribution in [0.15, 0.2) is 69.6 Å². The Morgan fingerprint density at radius 1 is 1.00 bits per heavy atom. The van der Waals surface area contributed by atoms with E-state index >= 15 is 0 Å². The molecular formula is C23H20N2O3S. The van der Waals surface area contributed by atoms with E-state index in [1.54, 1.807) is 17.6 Å². The van der Waals surface area contributed by atoms with Crippen molar-refractivity contribution in [2.45, 2.75) is 20.4 Å². The molecule has 6 heteroatoms. The van der Waals surface area contributed by atoms with Crippen LogP contribution in [0.4, 0.5) is 5.69 Å². The molecule has 146 valence electrons. The van der Waals surface area contributed by atoms with Crippen molar-refractivity contribution in [3.05, 3.63) is 81.7 Å². The quantitative estimate of drug-likeness (QED) is 0.455. The highest BCUT2D eigenvalue weighted by molar-refractivity contribution is 7.07. The third-order valence-electron chi connectivity index (χ3n) is 5.06. The lowest BCUT2D eigenvalue weighted by Crippen LogP contribution is -2.16. The zero-order valence-electron chi connectivity index (χ0n) is 16.2. The molecule has 0 unspecified atom stereocenters. The second-order valence-electron chi connectivity index (χ2n) is 7.03. The van der Waals surface area contributed by atoms with Gasteiger partial charge in [0, 0.05) is 5.38 Å². The van der Waals surface area contributed by atoms with Gasteiger partial charge in [0.15, 0.2) is 22.1 Å². The second-order valence-corrected chi connectivity index (χ2v) is 7.87. The van der Waals surface area contributed by atoms with Crippen molar-refractivity contribution >= 4 is 17.0 Å². The fourth-order valence-electron chi connectivity index (χ4n) is 3.32. The fraction of sp³-hybridized carbons (Fsp3) is 0.174. The molecule has 0 amide bonds. The lowest BCUT2D eigenvalue weighted by atomic mass is 10.1. The lowest BCUT2D eigenvalue weighted by Gasteiger charge is -2.09. The maximum Gasteiger partial charge on any atom is 0.231 e. The Balaban J connectivity index is 1.60. The summed E-state index contributed by atoms with van der Waals surface area (Å²) in [6, 6.07) is 16.2. The zero-order valence-corrected chi connectivity index (χ0v) is 17.0. The average Bonchev–Trinajstić information content (AvgIpc) is 3.46. The van der Waals surface area contributed by atoms with Crippen LogP contribution >= 0.6 is 11.3 Å². The number of furan rings is 1. The fourth-order valence-corrected chi connectivity index (χ4v) is 4.23. The monoisotopic (exact) mass is 404 g/mol. The van der Waals surface area contributed by atoms with E-state index in [2.05, 4.69) is 48.1 Å². The Morgan fingerprint density at radius 3 is 2.72 bits per heavy atom. The Morgan fingerprint density at radius 2 is 1.90 bits per heavy atom. The molecule has 4 aromatic rings. The minimum absolute atomic E-state index is 0.273. The Hall–Kier alpha value is -3.25. The predicted octanol–water partition coefficient (Wildman–Crippen LogP) is 5.44. The SMILES string of the molecule is Cc1ccc(N=c2scc(-c3ccco3)n2Cc2ccc3c(c2)OCO3)cc1C. The van der Waals surface area contributed by atoms with Crippen molar-refractivity contribution in [1.29, 1.82) is 0 Å². The van der Waals surface area contributed by atoms with E-state index < -0.39 is 0 Å². The molecule has 0 aliphatic carbocycles. The first-order valence-corrected chi connectivity index (χ1v) is 10.3. The number of hydrogen-bond acceptors (Lipinski definition) is 5. The van der Waals surface area contributed by atoms with Crippen molar-refractivity contribution in [3.8, 4) is 23.0 Å². The van der Waals surface area contributed by atoms with Gasteiger partial charge in [-0.05, 0) is 66.9 Å². The standard InChI is InChI=1S/C23H20N2O3S/c1-15-5-7-18(10-16(15)2)24-23-25(19(13-29-23)20-4-3-9-26-20)12-17-6-8-21-22(11-17)28-14-27-21/h3-11,13H,12,14H2,1-2H3. The molecule has 0 spiro atoms. The molecule has 0 bridgehead atoms. The van der Waals surface area contributed by atoms with Crippen molar-refractivity contribution in [3.63, 3.8) is 0 Å². The van der Waals surface area contributed by atoms with Gasteiger partial charge in [-0.3, -0.25) is 0 Å².